The van der Waals surface area contributed by atoms with Crippen molar-refractivity contribution in [1.82, 2.24) is 15.5 Å². The number of benzene rings is 2. The van der Waals surface area contributed by atoms with E-state index in [1.165, 1.54) is 0 Å². The van der Waals surface area contributed by atoms with E-state index in [4.69, 9.17) is 4.74 Å². The number of ether oxygens (including phenoxy) is 1. The van der Waals surface area contributed by atoms with Gasteiger partial charge >= 0.3 is 6.09 Å². The molecule has 8 nitrogen and oxygen atoms in total. The lowest BCUT2D eigenvalue weighted by molar-refractivity contribution is -0.142. The maximum Gasteiger partial charge on any atom is 0.408 e. The smallest absolute Gasteiger partial charge is 0.408 e. The van der Waals surface area contributed by atoms with Crippen molar-refractivity contribution in [2.75, 3.05) is 6.54 Å². The normalized spacial score (nSPS) is 12.9. The highest BCUT2D eigenvalue weighted by Gasteiger charge is 2.36. The monoisotopic (exact) mass is 567 g/mol. The van der Waals surface area contributed by atoms with E-state index in [0.717, 1.165) is 43.2 Å². The SMILES string of the molecule is CCCCCCCN(C(=O)C(Cc1ccc(O)cc1)NC(=O)OC(C)(C)C)C(C(=O)NC(C)C)c1cccc(C)c1. The van der Waals surface area contributed by atoms with Gasteiger partial charge in [0, 0.05) is 19.0 Å². The number of alkyl carbamates (subject to hydrolysis) is 1. The van der Waals surface area contributed by atoms with Crippen LogP contribution in [-0.2, 0) is 20.7 Å². The molecule has 2 atom stereocenters. The van der Waals surface area contributed by atoms with Gasteiger partial charge in [-0.3, -0.25) is 9.59 Å². The van der Waals surface area contributed by atoms with E-state index < -0.39 is 23.8 Å². The zero-order chi connectivity index (χ0) is 30.6. The fraction of sp³-hybridized carbons (Fsp3) is 0.545. The third-order valence-electron chi connectivity index (χ3n) is 6.50. The predicted molar refractivity (Wildman–Crippen MR) is 163 cm³/mol. The third-order valence-corrected chi connectivity index (χ3v) is 6.50. The molecule has 3 N–H and O–H groups in total. The van der Waals surface area contributed by atoms with Crippen LogP contribution in [0, 0.1) is 6.92 Å². The minimum Gasteiger partial charge on any atom is -0.508 e. The van der Waals surface area contributed by atoms with E-state index >= 15 is 0 Å². The Labute approximate surface area is 245 Å². The van der Waals surface area contributed by atoms with Crippen LogP contribution in [0.5, 0.6) is 5.75 Å². The number of nitrogens with one attached hydrogen (secondary N) is 2. The molecule has 8 heteroatoms. The lowest BCUT2D eigenvalue weighted by atomic mass is 9.98. The Bertz CT molecular complexity index is 1120. The molecule has 41 heavy (non-hydrogen) atoms. The lowest BCUT2D eigenvalue weighted by Crippen LogP contribution is -2.54. The van der Waals surface area contributed by atoms with Crippen molar-refractivity contribution in [2.24, 2.45) is 0 Å². The molecule has 2 aromatic rings. The zero-order valence-corrected chi connectivity index (χ0v) is 25.8. The van der Waals surface area contributed by atoms with Crippen molar-refractivity contribution in [2.45, 2.75) is 111 Å². The highest BCUT2D eigenvalue weighted by atomic mass is 16.6. The van der Waals surface area contributed by atoms with Crippen molar-refractivity contribution < 1.29 is 24.2 Å². The number of hydrogen-bond acceptors (Lipinski definition) is 5. The molecular formula is C33H49N3O5. The molecule has 3 amide bonds. The van der Waals surface area contributed by atoms with Gasteiger partial charge in [-0.1, -0.05) is 74.6 Å². The van der Waals surface area contributed by atoms with Crippen LogP contribution >= 0.6 is 0 Å². The molecule has 0 aliphatic carbocycles. The molecule has 0 aromatic heterocycles. The molecule has 0 aliphatic rings. The number of aromatic hydroxyl groups is 1. The van der Waals surface area contributed by atoms with E-state index in [2.05, 4.69) is 17.6 Å². The van der Waals surface area contributed by atoms with Gasteiger partial charge in [-0.25, -0.2) is 4.79 Å². The second-order valence-corrected chi connectivity index (χ2v) is 12.0. The summed E-state index contributed by atoms with van der Waals surface area (Å²) >= 11 is 0. The van der Waals surface area contributed by atoms with Crippen LogP contribution < -0.4 is 10.6 Å². The molecule has 0 saturated carbocycles. The fourth-order valence-corrected chi connectivity index (χ4v) is 4.65. The van der Waals surface area contributed by atoms with Crippen LogP contribution in [0.3, 0.4) is 0 Å². The number of phenols is 1. The lowest BCUT2D eigenvalue weighted by Gasteiger charge is -2.35. The van der Waals surface area contributed by atoms with E-state index in [9.17, 15) is 19.5 Å². The molecule has 0 fully saturated rings. The number of hydrogen-bond donors (Lipinski definition) is 3. The summed E-state index contributed by atoms with van der Waals surface area (Å²) in [7, 11) is 0. The Morgan fingerprint density at radius 2 is 1.61 bits per heavy atom. The molecule has 2 aromatic carbocycles. The number of carbonyl (C=O) groups is 3. The number of phenolic OH excluding ortho intramolecular Hbond substituents is 1. The van der Waals surface area contributed by atoms with Crippen LogP contribution in [0.15, 0.2) is 48.5 Å². The second-order valence-electron chi connectivity index (χ2n) is 12.0. The largest absolute Gasteiger partial charge is 0.508 e. The molecule has 0 spiro atoms. The van der Waals surface area contributed by atoms with E-state index in [1.54, 1.807) is 49.9 Å². The average molecular weight is 568 g/mol. The minimum atomic E-state index is -0.996. The first-order valence-electron chi connectivity index (χ1n) is 14.8. The second kappa shape index (κ2) is 16.0. The number of amides is 3. The first-order valence-corrected chi connectivity index (χ1v) is 14.8. The number of nitrogens with zero attached hydrogens (tertiary/aromatic N) is 1. The Kier molecular flexibility index (Phi) is 13.2. The summed E-state index contributed by atoms with van der Waals surface area (Å²) in [5.41, 5.74) is 1.69. The van der Waals surface area contributed by atoms with Crippen molar-refractivity contribution in [3.05, 3.63) is 65.2 Å². The zero-order valence-electron chi connectivity index (χ0n) is 25.8. The first kappa shape index (κ1) is 33.7. The number of rotatable bonds is 14. The van der Waals surface area contributed by atoms with Gasteiger partial charge in [0.25, 0.3) is 0 Å². The molecule has 0 bridgehead atoms. The van der Waals surface area contributed by atoms with Crippen molar-refractivity contribution >= 4 is 17.9 Å². The summed E-state index contributed by atoms with van der Waals surface area (Å²) in [6.07, 6.45) is 4.34. The molecule has 0 heterocycles. The summed E-state index contributed by atoms with van der Waals surface area (Å²) in [6, 6.07) is 12.2. The highest BCUT2D eigenvalue weighted by molar-refractivity contribution is 5.92. The summed E-state index contributed by atoms with van der Waals surface area (Å²) in [4.78, 5) is 42.7. The summed E-state index contributed by atoms with van der Waals surface area (Å²) < 4.78 is 5.50. The van der Waals surface area contributed by atoms with Gasteiger partial charge in [-0.15, -0.1) is 0 Å². The van der Waals surface area contributed by atoms with Gasteiger partial charge in [0.15, 0.2) is 0 Å². The molecule has 2 unspecified atom stereocenters. The Hall–Kier alpha value is -3.55. The van der Waals surface area contributed by atoms with Gasteiger partial charge in [0.05, 0.1) is 0 Å². The minimum absolute atomic E-state index is 0.107. The van der Waals surface area contributed by atoms with E-state index in [-0.39, 0.29) is 30.0 Å². The molecule has 0 saturated heterocycles. The van der Waals surface area contributed by atoms with Crippen LogP contribution in [-0.4, -0.2) is 52.1 Å². The van der Waals surface area contributed by atoms with Crippen molar-refractivity contribution in [3.63, 3.8) is 0 Å². The summed E-state index contributed by atoms with van der Waals surface area (Å²) in [6.45, 7) is 13.5. The van der Waals surface area contributed by atoms with E-state index in [1.807, 2.05) is 45.0 Å². The number of aryl methyl sites for hydroxylation is 1. The fourth-order valence-electron chi connectivity index (χ4n) is 4.65. The Balaban J connectivity index is 2.54. The molecule has 0 aliphatic heterocycles. The van der Waals surface area contributed by atoms with E-state index in [0.29, 0.717) is 12.1 Å². The predicted octanol–water partition coefficient (Wildman–Crippen LogP) is 6.20. The van der Waals surface area contributed by atoms with Gasteiger partial charge in [0.2, 0.25) is 11.8 Å². The maximum atomic E-state index is 14.5. The van der Waals surface area contributed by atoms with Crippen molar-refractivity contribution in [3.8, 4) is 5.75 Å². The van der Waals surface area contributed by atoms with Crippen LogP contribution in [0.1, 0.15) is 96.4 Å². The van der Waals surface area contributed by atoms with Crippen LogP contribution in [0.25, 0.3) is 0 Å². The molecule has 226 valence electrons. The van der Waals surface area contributed by atoms with Gasteiger partial charge in [-0.05, 0) is 71.2 Å². The van der Waals surface area contributed by atoms with Crippen molar-refractivity contribution in [1.29, 1.82) is 0 Å². The summed E-state index contributed by atoms with van der Waals surface area (Å²) in [5.74, 6) is -0.534. The third kappa shape index (κ3) is 11.8. The number of unbranched alkanes of at least 4 members (excludes halogenated alkanes) is 4. The Morgan fingerprint density at radius 1 is 0.951 bits per heavy atom. The summed E-state index contributed by atoms with van der Waals surface area (Å²) in [5, 5.41) is 15.5. The molecule has 0 radical (unpaired) electrons. The average Bonchev–Trinajstić information content (AvgIpc) is 2.86. The maximum absolute atomic E-state index is 14.5. The van der Waals surface area contributed by atoms with Gasteiger partial charge < -0.3 is 25.4 Å². The first-order chi connectivity index (χ1) is 19.3. The van der Waals surface area contributed by atoms with Gasteiger partial charge in [0.1, 0.15) is 23.4 Å². The topological polar surface area (TPSA) is 108 Å². The molecule has 2 rings (SSSR count). The molecular weight excluding hydrogens is 518 g/mol. The number of carbonyl (C=O) groups excluding carboxylic acids is 3. The van der Waals surface area contributed by atoms with Gasteiger partial charge in [-0.2, -0.15) is 0 Å². The van der Waals surface area contributed by atoms with Crippen LogP contribution in [0.4, 0.5) is 4.79 Å². The Morgan fingerprint density at radius 3 is 2.20 bits per heavy atom. The highest BCUT2D eigenvalue weighted by Crippen LogP contribution is 2.26. The standard InChI is InChI=1S/C33H49N3O5/c1-8-9-10-11-12-20-36(29(30(38)34-23(2)3)26-15-13-14-24(4)21-26)31(39)28(35-32(40)41-33(5,6)7)22-25-16-18-27(37)19-17-25/h13-19,21,23,28-29,37H,8-12,20,22H2,1-7H3,(H,34,38)(H,35,40). The quantitative estimate of drug-likeness (QED) is 0.236. The van der Waals surface area contributed by atoms with Crippen LogP contribution in [0.2, 0.25) is 0 Å².